The standard InChI is InChI=1S/C14H20N2O3/c1-3-19-13(17)11-8-10(15)4-5-12(11)16-7-6-14(2,18)9-16/h4-5,8,18H,3,6-7,9,15H2,1-2H3. The molecule has 1 aliphatic rings. The van der Waals surface area contributed by atoms with Gasteiger partial charge in [-0.15, -0.1) is 0 Å². The molecule has 1 aliphatic heterocycles. The highest BCUT2D eigenvalue weighted by atomic mass is 16.5. The second-order valence-electron chi connectivity index (χ2n) is 5.17. The zero-order chi connectivity index (χ0) is 14.0. The number of aliphatic hydroxyl groups is 1. The molecule has 1 fully saturated rings. The zero-order valence-electron chi connectivity index (χ0n) is 11.3. The number of carbonyl (C=O) groups excluding carboxylic acids is 1. The molecule has 1 saturated heterocycles. The number of rotatable bonds is 3. The smallest absolute Gasteiger partial charge is 0.340 e. The van der Waals surface area contributed by atoms with Crippen LogP contribution < -0.4 is 10.6 Å². The van der Waals surface area contributed by atoms with Crippen LogP contribution in [0.4, 0.5) is 11.4 Å². The third kappa shape index (κ3) is 2.98. The van der Waals surface area contributed by atoms with Crippen LogP contribution in [-0.4, -0.2) is 36.4 Å². The molecule has 2 rings (SSSR count). The maximum absolute atomic E-state index is 12.0. The van der Waals surface area contributed by atoms with E-state index in [1.807, 2.05) is 11.0 Å². The Labute approximate surface area is 113 Å². The maximum Gasteiger partial charge on any atom is 0.340 e. The molecule has 1 atom stereocenters. The number of nitrogens with zero attached hydrogens (tertiary/aromatic N) is 1. The third-order valence-corrected chi connectivity index (χ3v) is 3.31. The van der Waals surface area contributed by atoms with Gasteiger partial charge in [-0.2, -0.15) is 0 Å². The van der Waals surface area contributed by atoms with Crippen molar-refractivity contribution >= 4 is 17.3 Å². The molecule has 1 aromatic carbocycles. The van der Waals surface area contributed by atoms with E-state index >= 15 is 0 Å². The quantitative estimate of drug-likeness (QED) is 0.637. The summed E-state index contributed by atoms with van der Waals surface area (Å²) in [6.07, 6.45) is 0.680. The number of nitrogens with two attached hydrogens (primary N) is 1. The first-order chi connectivity index (χ1) is 8.93. The van der Waals surface area contributed by atoms with Gasteiger partial charge >= 0.3 is 5.97 Å². The van der Waals surface area contributed by atoms with Crippen LogP contribution in [0.25, 0.3) is 0 Å². The van der Waals surface area contributed by atoms with Crippen molar-refractivity contribution in [1.29, 1.82) is 0 Å². The van der Waals surface area contributed by atoms with Gasteiger partial charge in [-0.25, -0.2) is 4.79 Å². The zero-order valence-corrected chi connectivity index (χ0v) is 11.3. The Morgan fingerprint density at radius 2 is 2.32 bits per heavy atom. The number of benzene rings is 1. The summed E-state index contributed by atoms with van der Waals surface area (Å²) in [6, 6.07) is 5.19. The minimum absolute atomic E-state index is 0.324. The van der Waals surface area contributed by atoms with E-state index in [2.05, 4.69) is 0 Å². The van der Waals surface area contributed by atoms with Crippen LogP contribution in [0.15, 0.2) is 18.2 Å². The lowest BCUT2D eigenvalue weighted by molar-refractivity contribution is 0.0526. The molecule has 0 aromatic heterocycles. The van der Waals surface area contributed by atoms with Crippen molar-refractivity contribution in [2.45, 2.75) is 25.9 Å². The van der Waals surface area contributed by atoms with Crippen LogP contribution in [0, 0.1) is 0 Å². The summed E-state index contributed by atoms with van der Waals surface area (Å²) >= 11 is 0. The van der Waals surface area contributed by atoms with Gasteiger partial charge in [0.05, 0.1) is 23.5 Å². The molecule has 0 saturated carbocycles. The Morgan fingerprint density at radius 3 is 2.89 bits per heavy atom. The van der Waals surface area contributed by atoms with Gasteiger partial charge in [0.2, 0.25) is 0 Å². The summed E-state index contributed by atoms with van der Waals surface area (Å²) < 4.78 is 5.05. The Bertz CT molecular complexity index is 486. The summed E-state index contributed by atoms with van der Waals surface area (Å²) in [7, 11) is 0. The highest BCUT2D eigenvalue weighted by Crippen LogP contribution is 2.30. The second kappa shape index (κ2) is 5.09. The summed E-state index contributed by atoms with van der Waals surface area (Å²) in [5.41, 5.74) is 6.78. The fraction of sp³-hybridized carbons (Fsp3) is 0.500. The Morgan fingerprint density at radius 1 is 1.58 bits per heavy atom. The molecule has 0 radical (unpaired) electrons. The maximum atomic E-state index is 12.0. The van der Waals surface area contributed by atoms with Gasteiger partial charge in [-0.1, -0.05) is 0 Å². The lowest BCUT2D eigenvalue weighted by atomic mass is 10.1. The van der Waals surface area contributed by atoms with Crippen molar-refractivity contribution in [2.75, 3.05) is 30.3 Å². The number of hydrogen-bond donors (Lipinski definition) is 2. The largest absolute Gasteiger partial charge is 0.462 e. The Balaban J connectivity index is 2.32. The lowest BCUT2D eigenvalue weighted by Crippen LogP contribution is -2.30. The van der Waals surface area contributed by atoms with Crippen molar-refractivity contribution in [3.8, 4) is 0 Å². The molecule has 3 N–H and O–H groups in total. The van der Waals surface area contributed by atoms with Gasteiger partial charge < -0.3 is 20.5 Å². The van der Waals surface area contributed by atoms with E-state index in [0.717, 1.165) is 5.69 Å². The Hall–Kier alpha value is -1.75. The minimum atomic E-state index is -0.715. The van der Waals surface area contributed by atoms with Crippen molar-refractivity contribution in [3.63, 3.8) is 0 Å². The van der Waals surface area contributed by atoms with E-state index in [0.29, 0.717) is 37.4 Å². The summed E-state index contributed by atoms with van der Waals surface area (Å²) in [5.74, 6) is -0.378. The van der Waals surface area contributed by atoms with Crippen molar-refractivity contribution in [3.05, 3.63) is 23.8 Å². The van der Waals surface area contributed by atoms with E-state index in [-0.39, 0.29) is 5.97 Å². The molecule has 1 heterocycles. The van der Waals surface area contributed by atoms with Crippen molar-refractivity contribution < 1.29 is 14.6 Å². The molecule has 104 valence electrons. The summed E-state index contributed by atoms with van der Waals surface area (Å²) in [5, 5.41) is 10.0. The molecule has 5 heteroatoms. The van der Waals surface area contributed by atoms with Gasteiger partial charge in [-0.3, -0.25) is 0 Å². The monoisotopic (exact) mass is 264 g/mol. The SMILES string of the molecule is CCOC(=O)c1cc(N)ccc1N1CCC(C)(O)C1. The number of anilines is 2. The number of esters is 1. The van der Waals surface area contributed by atoms with Gasteiger partial charge in [0.25, 0.3) is 0 Å². The van der Waals surface area contributed by atoms with Crippen LogP contribution in [0.1, 0.15) is 30.6 Å². The highest BCUT2D eigenvalue weighted by molar-refractivity contribution is 5.97. The molecule has 0 spiro atoms. The van der Waals surface area contributed by atoms with Crippen LogP contribution in [0.5, 0.6) is 0 Å². The van der Waals surface area contributed by atoms with Crippen LogP contribution in [-0.2, 0) is 4.74 Å². The first kappa shape index (κ1) is 13.7. The predicted octanol–water partition coefficient (Wildman–Crippen LogP) is 1.41. The fourth-order valence-electron chi connectivity index (χ4n) is 2.35. The number of ether oxygens (including phenoxy) is 1. The highest BCUT2D eigenvalue weighted by Gasteiger charge is 2.33. The van der Waals surface area contributed by atoms with Gasteiger partial charge in [-0.05, 0) is 38.5 Å². The number of carbonyl (C=O) groups is 1. The third-order valence-electron chi connectivity index (χ3n) is 3.31. The molecule has 0 aliphatic carbocycles. The fourth-order valence-corrected chi connectivity index (χ4v) is 2.35. The average molecular weight is 264 g/mol. The van der Waals surface area contributed by atoms with Crippen molar-refractivity contribution in [2.24, 2.45) is 0 Å². The molecule has 5 nitrogen and oxygen atoms in total. The number of nitrogen functional groups attached to an aromatic ring is 1. The molecule has 0 amide bonds. The second-order valence-corrected chi connectivity index (χ2v) is 5.17. The summed E-state index contributed by atoms with van der Waals surface area (Å²) in [4.78, 5) is 14.0. The average Bonchev–Trinajstić information content (AvgIpc) is 2.70. The predicted molar refractivity (Wildman–Crippen MR) is 74.3 cm³/mol. The first-order valence-electron chi connectivity index (χ1n) is 6.47. The van der Waals surface area contributed by atoms with Gasteiger partial charge in [0.15, 0.2) is 0 Å². The Kier molecular flexibility index (Phi) is 3.66. The lowest BCUT2D eigenvalue weighted by Gasteiger charge is -2.23. The van der Waals surface area contributed by atoms with E-state index in [1.54, 1.807) is 26.0 Å². The molecular weight excluding hydrogens is 244 g/mol. The first-order valence-corrected chi connectivity index (χ1v) is 6.47. The molecular formula is C14H20N2O3. The van der Waals surface area contributed by atoms with E-state index in [9.17, 15) is 9.90 Å². The molecule has 0 bridgehead atoms. The van der Waals surface area contributed by atoms with Crippen LogP contribution in [0.2, 0.25) is 0 Å². The molecule has 1 unspecified atom stereocenters. The van der Waals surface area contributed by atoms with E-state index < -0.39 is 5.60 Å². The van der Waals surface area contributed by atoms with E-state index in [4.69, 9.17) is 10.5 Å². The van der Waals surface area contributed by atoms with Crippen LogP contribution >= 0.6 is 0 Å². The van der Waals surface area contributed by atoms with Gasteiger partial charge in [0, 0.05) is 18.8 Å². The van der Waals surface area contributed by atoms with Crippen LogP contribution in [0.3, 0.4) is 0 Å². The summed E-state index contributed by atoms with van der Waals surface area (Å²) in [6.45, 7) is 5.11. The molecule has 19 heavy (non-hydrogen) atoms. The topological polar surface area (TPSA) is 75.8 Å². The minimum Gasteiger partial charge on any atom is -0.462 e. The normalized spacial score (nSPS) is 22.6. The van der Waals surface area contributed by atoms with Crippen molar-refractivity contribution in [1.82, 2.24) is 0 Å². The van der Waals surface area contributed by atoms with Gasteiger partial charge in [0.1, 0.15) is 0 Å². The van der Waals surface area contributed by atoms with E-state index in [1.165, 1.54) is 0 Å². The number of β-amino-alcohol motifs (C(OH)–C–C–N with tert-alkyl or cyclic N) is 1. The number of hydrogen-bond acceptors (Lipinski definition) is 5. The molecule has 1 aromatic rings.